The zero-order valence-electron chi connectivity index (χ0n) is 13.6. The number of hydrogen-bond donors (Lipinski definition) is 1. The molecule has 5 heteroatoms. The van der Waals surface area contributed by atoms with E-state index < -0.39 is 5.91 Å². The van der Waals surface area contributed by atoms with Crippen LogP contribution in [0.4, 0.5) is 0 Å². The molecule has 1 aromatic rings. The molecule has 6 unspecified atom stereocenters. The largest absolute Gasteiger partial charge is 0.272 e. The summed E-state index contributed by atoms with van der Waals surface area (Å²) in [5, 5.41) is 1.02. The lowest BCUT2D eigenvalue weighted by molar-refractivity contribution is -0.143. The van der Waals surface area contributed by atoms with Crippen molar-refractivity contribution >= 4 is 17.7 Å². The SMILES string of the molecule is Cc1ccc(C(=O)NN2C(=O)C3C4CCC(C5CC54)C3C2=O)cc1. The highest BCUT2D eigenvalue weighted by Crippen LogP contribution is 2.67. The molecule has 1 N–H and O–H groups in total. The third-order valence-corrected chi connectivity index (χ3v) is 6.67. The van der Waals surface area contributed by atoms with E-state index in [9.17, 15) is 14.4 Å². The molecule has 0 spiro atoms. The number of carbonyl (C=O) groups excluding carboxylic acids is 3. The standard InChI is InChI=1S/C19H20N2O3/c1-9-2-4-10(5-3-9)17(22)20-21-18(23)15-11-6-7-12(14-8-13(11)14)16(15)19(21)24/h2-5,11-16H,6-8H2,1H3,(H,20,22). The smallest absolute Gasteiger partial charge is 0.270 e. The Morgan fingerprint density at radius 1 is 0.958 bits per heavy atom. The van der Waals surface area contributed by atoms with Crippen LogP contribution in [0.15, 0.2) is 24.3 Å². The molecule has 5 aliphatic rings. The molecule has 4 saturated carbocycles. The van der Waals surface area contributed by atoms with Crippen molar-refractivity contribution in [1.29, 1.82) is 0 Å². The van der Waals surface area contributed by atoms with Crippen molar-refractivity contribution in [2.75, 3.05) is 0 Å². The lowest BCUT2D eigenvalue weighted by atomic mass is 9.59. The van der Waals surface area contributed by atoms with E-state index in [1.54, 1.807) is 12.1 Å². The van der Waals surface area contributed by atoms with Crippen molar-refractivity contribution in [3.63, 3.8) is 0 Å². The minimum absolute atomic E-state index is 0.189. The Balaban J connectivity index is 1.40. The van der Waals surface area contributed by atoms with E-state index in [1.165, 1.54) is 6.42 Å². The van der Waals surface area contributed by atoms with Crippen LogP contribution in [0, 0.1) is 42.4 Å². The van der Waals surface area contributed by atoms with Crippen LogP contribution >= 0.6 is 0 Å². The maximum absolute atomic E-state index is 12.8. The van der Waals surface area contributed by atoms with Gasteiger partial charge in [-0.05, 0) is 62.0 Å². The molecule has 4 aliphatic carbocycles. The highest BCUT2D eigenvalue weighted by Gasteiger charge is 2.68. The van der Waals surface area contributed by atoms with Crippen LogP contribution in [0.5, 0.6) is 0 Å². The molecular formula is C19H20N2O3. The third-order valence-electron chi connectivity index (χ3n) is 6.67. The Kier molecular flexibility index (Phi) is 2.77. The second-order valence-corrected chi connectivity index (χ2v) is 7.84. The Morgan fingerprint density at radius 2 is 1.50 bits per heavy atom. The minimum Gasteiger partial charge on any atom is -0.272 e. The Morgan fingerprint density at radius 3 is 2.04 bits per heavy atom. The molecule has 24 heavy (non-hydrogen) atoms. The quantitative estimate of drug-likeness (QED) is 0.845. The summed E-state index contributed by atoms with van der Waals surface area (Å²) in [5.41, 5.74) is 4.08. The Labute approximate surface area is 140 Å². The number of hydrogen-bond acceptors (Lipinski definition) is 3. The third kappa shape index (κ3) is 1.78. The van der Waals surface area contributed by atoms with Crippen LogP contribution in [0.3, 0.4) is 0 Å². The topological polar surface area (TPSA) is 66.5 Å². The number of amides is 3. The van der Waals surface area contributed by atoms with E-state index in [0.29, 0.717) is 29.2 Å². The molecular weight excluding hydrogens is 304 g/mol. The fraction of sp³-hybridized carbons (Fsp3) is 0.526. The van der Waals surface area contributed by atoms with Crippen molar-refractivity contribution in [2.24, 2.45) is 35.5 Å². The van der Waals surface area contributed by atoms with Crippen LogP contribution in [-0.4, -0.2) is 22.7 Å². The predicted octanol–water partition coefficient (Wildman–Crippen LogP) is 1.92. The monoisotopic (exact) mass is 324 g/mol. The molecule has 0 radical (unpaired) electrons. The maximum Gasteiger partial charge on any atom is 0.270 e. The summed E-state index contributed by atoms with van der Waals surface area (Å²) in [6.07, 6.45) is 3.32. The Hall–Kier alpha value is -2.17. The van der Waals surface area contributed by atoms with Gasteiger partial charge in [0, 0.05) is 5.56 Å². The van der Waals surface area contributed by atoms with E-state index in [0.717, 1.165) is 23.4 Å². The first-order valence-electron chi connectivity index (χ1n) is 8.81. The lowest BCUT2D eigenvalue weighted by Crippen LogP contribution is -2.46. The highest BCUT2D eigenvalue weighted by molar-refractivity contribution is 6.08. The highest BCUT2D eigenvalue weighted by atomic mass is 16.2. The number of rotatable bonds is 2. The number of carbonyl (C=O) groups is 3. The van der Waals surface area contributed by atoms with Gasteiger partial charge in [0.25, 0.3) is 17.7 Å². The average molecular weight is 324 g/mol. The van der Waals surface area contributed by atoms with Crippen molar-refractivity contribution in [2.45, 2.75) is 26.2 Å². The summed E-state index contributed by atoms with van der Waals surface area (Å²) in [5.74, 6) is 0.829. The van der Waals surface area contributed by atoms with Gasteiger partial charge >= 0.3 is 0 Å². The van der Waals surface area contributed by atoms with Crippen molar-refractivity contribution < 1.29 is 14.4 Å². The molecule has 1 saturated heterocycles. The zero-order chi connectivity index (χ0) is 16.6. The fourth-order valence-corrected chi connectivity index (χ4v) is 5.52. The van der Waals surface area contributed by atoms with E-state index in [1.807, 2.05) is 19.1 Å². The molecule has 5 nitrogen and oxygen atoms in total. The average Bonchev–Trinajstić information content (AvgIpc) is 3.36. The molecule has 2 bridgehead atoms. The van der Waals surface area contributed by atoms with Gasteiger partial charge in [-0.2, -0.15) is 5.01 Å². The summed E-state index contributed by atoms with van der Waals surface area (Å²) in [7, 11) is 0. The number of imide groups is 1. The first-order chi connectivity index (χ1) is 11.6. The van der Waals surface area contributed by atoms with Crippen molar-refractivity contribution in [3.05, 3.63) is 35.4 Å². The number of benzene rings is 1. The zero-order valence-corrected chi connectivity index (χ0v) is 13.6. The van der Waals surface area contributed by atoms with Gasteiger partial charge in [0.1, 0.15) is 0 Å². The van der Waals surface area contributed by atoms with Gasteiger partial charge < -0.3 is 0 Å². The second-order valence-electron chi connectivity index (χ2n) is 7.84. The van der Waals surface area contributed by atoms with Gasteiger partial charge in [0.05, 0.1) is 11.8 Å². The molecule has 3 amide bonds. The molecule has 0 aromatic heterocycles. The summed E-state index contributed by atoms with van der Waals surface area (Å²) in [6.45, 7) is 1.95. The van der Waals surface area contributed by atoms with Crippen molar-refractivity contribution in [1.82, 2.24) is 10.4 Å². The fourth-order valence-electron chi connectivity index (χ4n) is 5.52. The normalized spacial score (nSPS) is 38.8. The van der Waals surface area contributed by atoms with E-state index in [4.69, 9.17) is 0 Å². The maximum atomic E-state index is 12.8. The van der Waals surface area contributed by atoms with Crippen LogP contribution in [0.2, 0.25) is 0 Å². The Bertz CT molecular complexity index is 722. The van der Waals surface area contributed by atoms with Gasteiger partial charge in [-0.3, -0.25) is 19.8 Å². The first-order valence-corrected chi connectivity index (χ1v) is 8.81. The van der Waals surface area contributed by atoms with Gasteiger partial charge in [-0.1, -0.05) is 17.7 Å². The number of nitrogens with zero attached hydrogens (tertiary/aromatic N) is 1. The molecule has 1 aromatic carbocycles. The van der Waals surface area contributed by atoms with E-state index >= 15 is 0 Å². The number of fused-ring (bicyclic) bond motifs is 1. The molecule has 5 fully saturated rings. The lowest BCUT2D eigenvalue weighted by Gasteiger charge is -2.42. The van der Waals surface area contributed by atoms with Gasteiger partial charge in [0.15, 0.2) is 0 Å². The van der Waals surface area contributed by atoms with Gasteiger partial charge in [-0.15, -0.1) is 0 Å². The van der Waals surface area contributed by atoms with Gasteiger partial charge in [-0.25, -0.2) is 0 Å². The number of aryl methyl sites for hydroxylation is 1. The van der Waals surface area contributed by atoms with E-state index in [2.05, 4.69) is 5.43 Å². The first kappa shape index (κ1) is 14.2. The summed E-state index contributed by atoms with van der Waals surface area (Å²) < 4.78 is 0. The van der Waals surface area contributed by atoms with E-state index in [-0.39, 0.29) is 23.7 Å². The summed E-state index contributed by atoms with van der Waals surface area (Å²) >= 11 is 0. The molecule has 1 aliphatic heterocycles. The molecule has 1 heterocycles. The molecule has 124 valence electrons. The van der Waals surface area contributed by atoms with Gasteiger partial charge in [0.2, 0.25) is 0 Å². The minimum atomic E-state index is -0.396. The van der Waals surface area contributed by atoms with Crippen LogP contribution < -0.4 is 5.43 Å². The molecule has 6 rings (SSSR count). The second kappa shape index (κ2) is 4.68. The number of nitrogens with one attached hydrogen (secondary N) is 1. The predicted molar refractivity (Wildman–Crippen MR) is 85.3 cm³/mol. The number of hydrazine groups is 1. The summed E-state index contributed by atoms with van der Waals surface area (Å²) in [6, 6.07) is 7.11. The van der Waals surface area contributed by atoms with Crippen LogP contribution in [-0.2, 0) is 9.59 Å². The molecule has 6 atom stereocenters. The van der Waals surface area contributed by atoms with Crippen LogP contribution in [0.1, 0.15) is 35.2 Å². The van der Waals surface area contributed by atoms with Crippen molar-refractivity contribution in [3.8, 4) is 0 Å². The summed E-state index contributed by atoms with van der Waals surface area (Å²) in [4.78, 5) is 38.0. The van der Waals surface area contributed by atoms with Crippen LogP contribution in [0.25, 0.3) is 0 Å².